The molecule has 22 heavy (non-hydrogen) atoms. The van der Waals surface area contributed by atoms with Gasteiger partial charge in [0.1, 0.15) is 23.9 Å². The fourth-order valence-electron chi connectivity index (χ4n) is 1.86. The van der Waals surface area contributed by atoms with Crippen LogP contribution in [0.3, 0.4) is 0 Å². The number of hydrogen-bond acceptors (Lipinski definition) is 5. The molecular weight excluding hydrogens is 354 g/mol. The molecule has 0 N–H and O–H groups in total. The number of rotatable bonds is 6. The van der Waals surface area contributed by atoms with Crippen LogP contribution in [0.25, 0.3) is 0 Å². The van der Waals surface area contributed by atoms with E-state index < -0.39 is 4.92 Å². The molecule has 0 radical (unpaired) electrons. The molecule has 0 spiro atoms. The number of non-ortho nitro benzene ring substituents is 1. The molecule has 0 aromatic heterocycles. The van der Waals surface area contributed by atoms with Crippen LogP contribution < -0.4 is 14.2 Å². The summed E-state index contributed by atoms with van der Waals surface area (Å²) in [6.07, 6.45) is 0. The van der Waals surface area contributed by atoms with Crippen molar-refractivity contribution < 1.29 is 19.1 Å². The fraction of sp³-hybridized carbons (Fsp3) is 0.200. The molecule has 2 aromatic carbocycles. The van der Waals surface area contributed by atoms with Crippen LogP contribution in [0.15, 0.2) is 40.9 Å². The highest BCUT2D eigenvalue weighted by Crippen LogP contribution is 2.33. The first-order chi connectivity index (χ1) is 10.5. The predicted octanol–water partition coefficient (Wildman–Crippen LogP) is 3.95. The number of nitro benzene ring substituents is 1. The fourth-order valence-corrected chi connectivity index (χ4v) is 2.35. The molecule has 7 heteroatoms. The highest BCUT2D eigenvalue weighted by atomic mass is 79.9. The molecule has 0 aliphatic heterocycles. The monoisotopic (exact) mass is 367 g/mol. The second-order valence-corrected chi connectivity index (χ2v) is 5.19. The van der Waals surface area contributed by atoms with Gasteiger partial charge in [-0.2, -0.15) is 0 Å². The van der Waals surface area contributed by atoms with Crippen LogP contribution >= 0.6 is 15.9 Å². The molecular formula is C15H14BrNO5. The molecule has 0 atom stereocenters. The Balaban J connectivity index is 2.15. The smallest absolute Gasteiger partial charge is 0.269 e. The van der Waals surface area contributed by atoms with Crippen LogP contribution in [0.5, 0.6) is 17.2 Å². The van der Waals surface area contributed by atoms with E-state index in [4.69, 9.17) is 14.2 Å². The normalized spacial score (nSPS) is 10.1. The molecule has 0 unspecified atom stereocenters. The van der Waals surface area contributed by atoms with Crippen LogP contribution in [0.1, 0.15) is 5.56 Å². The van der Waals surface area contributed by atoms with Gasteiger partial charge in [-0.15, -0.1) is 0 Å². The van der Waals surface area contributed by atoms with Gasteiger partial charge in [-0.1, -0.05) is 0 Å². The van der Waals surface area contributed by atoms with Gasteiger partial charge in [0.05, 0.1) is 23.6 Å². The Kier molecular flexibility index (Phi) is 5.21. The molecule has 0 bridgehead atoms. The van der Waals surface area contributed by atoms with Gasteiger partial charge >= 0.3 is 0 Å². The number of methoxy groups -OCH3 is 2. The summed E-state index contributed by atoms with van der Waals surface area (Å²) in [4.78, 5) is 10.2. The van der Waals surface area contributed by atoms with E-state index in [9.17, 15) is 10.1 Å². The van der Waals surface area contributed by atoms with Crippen molar-refractivity contribution in [3.8, 4) is 17.2 Å². The lowest BCUT2D eigenvalue weighted by Gasteiger charge is -2.13. The Morgan fingerprint density at radius 3 is 2.27 bits per heavy atom. The lowest BCUT2D eigenvalue weighted by molar-refractivity contribution is -0.384. The average molecular weight is 368 g/mol. The molecule has 0 heterocycles. The van der Waals surface area contributed by atoms with Crippen LogP contribution in [0.4, 0.5) is 5.69 Å². The minimum Gasteiger partial charge on any atom is -0.496 e. The molecule has 0 aliphatic rings. The Bertz CT molecular complexity index is 672. The first kappa shape index (κ1) is 16.1. The van der Waals surface area contributed by atoms with Gasteiger partial charge < -0.3 is 14.2 Å². The number of benzene rings is 2. The summed E-state index contributed by atoms with van der Waals surface area (Å²) in [5.74, 6) is 1.87. The van der Waals surface area contributed by atoms with Crippen molar-refractivity contribution in [2.75, 3.05) is 14.2 Å². The van der Waals surface area contributed by atoms with E-state index in [1.807, 2.05) is 6.07 Å². The Morgan fingerprint density at radius 2 is 1.73 bits per heavy atom. The van der Waals surface area contributed by atoms with Gasteiger partial charge in [0, 0.05) is 17.7 Å². The van der Waals surface area contributed by atoms with Gasteiger partial charge in [-0.25, -0.2) is 0 Å². The van der Waals surface area contributed by atoms with Crippen molar-refractivity contribution in [3.05, 3.63) is 56.5 Å². The van der Waals surface area contributed by atoms with Crippen LogP contribution in [-0.2, 0) is 6.61 Å². The summed E-state index contributed by atoms with van der Waals surface area (Å²) >= 11 is 3.39. The topological polar surface area (TPSA) is 70.8 Å². The third-order valence-corrected chi connectivity index (χ3v) is 3.62. The maximum Gasteiger partial charge on any atom is 0.269 e. The first-order valence-electron chi connectivity index (χ1n) is 6.32. The molecule has 0 saturated carbocycles. The average Bonchev–Trinajstić information content (AvgIpc) is 2.53. The predicted molar refractivity (Wildman–Crippen MR) is 84.7 cm³/mol. The van der Waals surface area contributed by atoms with E-state index in [0.29, 0.717) is 17.2 Å². The van der Waals surface area contributed by atoms with E-state index in [1.165, 1.54) is 12.1 Å². The van der Waals surface area contributed by atoms with E-state index in [0.717, 1.165) is 10.0 Å². The minimum atomic E-state index is -0.452. The molecule has 2 aromatic rings. The zero-order chi connectivity index (χ0) is 16.1. The number of hydrogen-bond donors (Lipinski definition) is 0. The number of halogens is 1. The van der Waals surface area contributed by atoms with E-state index >= 15 is 0 Å². The second kappa shape index (κ2) is 7.13. The summed E-state index contributed by atoms with van der Waals surface area (Å²) in [6.45, 7) is 0.255. The third kappa shape index (κ3) is 3.67. The lowest BCUT2D eigenvalue weighted by atomic mass is 10.2. The summed E-state index contributed by atoms with van der Waals surface area (Å²) in [5.41, 5.74) is 0.830. The second-order valence-electron chi connectivity index (χ2n) is 4.34. The largest absolute Gasteiger partial charge is 0.496 e. The van der Waals surface area contributed by atoms with Crippen molar-refractivity contribution in [2.45, 2.75) is 6.61 Å². The number of nitro groups is 1. The van der Waals surface area contributed by atoms with Crippen LogP contribution in [-0.4, -0.2) is 19.1 Å². The molecule has 0 saturated heterocycles. The quantitative estimate of drug-likeness (QED) is 0.570. The van der Waals surface area contributed by atoms with E-state index in [-0.39, 0.29) is 12.3 Å². The van der Waals surface area contributed by atoms with Gasteiger partial charge in [0.25, 0.3) is 5.69 Å². The maximum atomic E-state index is 10.6. The molecule has 0 amide bonds. The standard InChI is InChI=1S/C15H14BrNO5/c1-20-14-8-13(16)15(21-2)7-10(14)9-22-12-5-3-11(4-6-12)17(18)19/h3-8H,9H2,1-2H3. The highest BCUT2D eigenvalue weighted by molar-refractivity contribution is 9.10. The minimum absolute atomic E-state index is 0.0234. The van der Waals surface area contributed by atoms with Crippen molar-refractivity contribution in [1.29, 1.82) is 0 Å². The summed E-state index contributed by atoms with van der Waals surface area (Å²) in [7, 11) is 3.15. The summed E-state index contributed by atoms with van der Waals surface area (Å²) in [6, 6.07) is 9.52. The third-order valence-electron chi connectivity index (χ3n) is 3.00. The van der Waals surface area contributed by atoms with Crippen molar-refractivity contribution in [1.82, 2.24) is 0 Å². The van der Waals surface area contributed by atoms with Gasteiger partial charge in [-0.3, -0.25) is 10.1 Å². The Labute approximate surface area is 135 Å². The molecule has 0 aliphatic carbocycles. The number of nitrogens with zero attached hydrogens (tertiary/aromatic N) is 1. The zero-order valence-corrected chi connectivity index (χ0v) is 13.6. The van der Waals surface area contributed by atoms with Crippen molar-refractivity contribution >= 4 is 21.6 Å². The summed E-state index contributed by atoms with van der Waals surface area (Å²) < 4.78 is 17.0. The van der Waals surface area contributed by atoms with Gasteiger partial charge in [-0.05, 0) is 40.2 Å². The Hall–Kier alpha value is -2.28. The van der Waals surface area contributed by atoms with Crippen molar-refractivity contribution in [2.24, 2.45) is 0 Å². The van der Waals surface area contributed by atoms with Gasteiger partial charge in [0.2, 0.25) is 0 Å². The maximum absolute atomic E-state index is 10.6. The van der Waals surface area contributed by atoms with E-state index in [1.54, 1.807) is 32.4 Å². The molecule has 116 valence electrons. The molecule has 2 rings (SSSR count). The highest BCUT2D eigenvalue weighted by Gasteiger charge is 2.11. The molecule has 6 nitrogen and oxygen atoms in total. The van der Waals surface area contributed by atoms with E-state index in [2.05, 4.69) is 15.9 Å². The zero-order valence-electron chi connectivity index (χ0n) is 12.0. The van der Waals surface area contributed by atoms with Crippen molar-refractivity contribution in [3.63, 3.8) is 0 Å². The SMILES string of the molecule is COc1cc(COc2ccc([N+](=O)[O-])cc2)c(OC)cc1Br. The number of ether oxygens (including phenoxy) is 3. The Morgan fingerprint density at radius 1 is 1.09 bits per heavy atom. The van der Waals surface area contributed by atoms with Crippen LogP contribution in [0, 0.1) is 10.1 Å². The summed E-state index contributed by atoms with van der Waals surface area (Å²) in [5, 5.41) is 10.6. The van der Waals surface area contributed by atoms with Gasteiger partial charge in [0.15, 0.2) is 0 Å². The lowest BCUT2D eigenvalue weighted by Crippen LogP contribution is -2.00. The molecule has 0 fully saturated rings. The first-order valence-corrected chi connectivity index (χ1v) is 7.12. The van der Waals surface area contributed by atoms with Crippen LogP contribution in [0.2, 0.25) is 0 Å².